The van der Waals surface area contributed by atoms with Gasteiger partial charge in [0.1, 0.15) is 0 Å². The number of ether oxygens (including phenoxy) is 1. The van der Waals surface area contributed by atoms with Crippen LogP contribution in [0.5, 0.6) is 0 Å². The Balaban J connectivity index is 1.69. The van der Waals surface area contributed by atoms with E-state index < -0.39 is 6.23 Å². The van der Waals surface area contributed by atoms with Gasteiger partial charge >= 0.3 is 0 Å². The zero-order valence-electron chi connectivity index (χ0n) is 13.0. The van der Waals surface area contributed by atoms with Gasteiger partial charge in [-0.1, -0.05) is 0 Å². The van der Waals surface area contributed by atoms with E-state index in [4.69, 9.17) is 4.74 Å². The van der Waals surface area contributed by atoms with E-state index in [-0.39, 0.29) is 11.4 Å². The molecule has 0 radical (unpaired) electrons. The van der Waals surface area contributed by atoms with Crippen LogP contribution in [0.15, 0.2) is 0 Å². The molecule has 4 rings (SSSR count). The minimum absolute atomic E-state index is 0.0544. The van der Waals surface area contributed by atoms with Crippen molar-refractivity contribution >= 4 is 5.91 Å². The maximum atomic E-state index is 12.6. The number of nitrogens with zero attached hydrogens (tertiary/aromatic N) is 1. The maximum absolute atomic E-state index is 12.6. The predicted octanol–water partition coefficient (Wildman–Crippen LogP) is 2.00. The zero-order valence-corrected chi connectivity index (χ0v) is 13.0. The predicted molar refractivity (Wildman–Crippen MR) is 78.1 cm³/mol. The minimum atomic E-state index is -0.451. The van der Waals surface area contributed by atoms with Gasteiger partial charge in [-0.15, -0.1) is 0 Å². The van der Waals surface area contributed by atoms with E-state index >= 15 is 0 Å². The summed E-state index contributed by atoms with van der Waals surface area (Å²) < 4.78 is 5.59. The van der Waals surface area contributed by atoms with Crippen LogP contribution in [0.1, 0.15) is 45.4 Å². The van der Waals surface area contributed by atoms with E-state index in [0.29, 0.717) is 6.61 Å². The molecule has 4 bridgehead atoms. The largest absolute Gasteiger partial charge is 0.354 e. The third-order valence-electron chi connectivity index (χ3n) is 5.44. The van der Waals surface area contributed by atoms with E-state index in [1.54, 1.807) is 0 Å². The molecule has 4 nitrogen and oxygen atoms in total. The van der Waals surface area contributed by atoms with Crippen LogP contribution in [0.3, 0.4) is 0 Å². The van der Waals surface area contributed by atoms with Crippen molar-refractivity contribution in [1.29, 1.82) is 0 Å². The molecule has 1 unspecified atom stereocenters. The molecule has 1 atom stereocenters. The summed E-state index contributed by atoms with van der Waals surface area (Å²) in [7, 11) is 3.80. The number of hydrogen-bond acceptors (Lipinski definition) is 3. The summed E-state index contributed by atoms with van der Waals surface area (Å²) >= 11 is 0. The number of hydrogen-bond donors (Lipinski definition) is 1. The first-order valence-corrected chi connectivity index (χ1v) is 8.11. The monoisotopic (exact) mass is 280 g/mol. The van der Waals surface area contributed by atoms with Gasteiger partial charge in [0, 0.05) is 12.1 Å². The molecule has 4 saturated carbocycles. The summed E-state index contributed by atoms with van der Waals surface area (Å²) in [5.41, 5.74) is 0.0806. The van der Waals surface area contributed by atoms with Gasteiger partial charge in [0.2, 0.25) is 0 Å². The molecule has 1 amide bonds. The molecule has 0 aromatic carbocycles. The summed E-state index contributed by atoms with van der Waals surface area (Å²) in [5, 5.41) is 3.39. The van der Waals surface area contributed by atoms with Crippen molar-refractivity contribution in [3.8, 4) is 0 Å². The van der Waals surface area contributed by atoms with Crippen molar-refractivity contribution in [1.82, 2.24) is 10.2 Å². The second kappa shape index (κ2) is 5.30. The highest BCUT2D eigenvalue weighted by atomic mass is 16.5. The van der Waals surface area contributed by atoms with Crippen molar-refractivity contribution in [3.63, 3.8) is 0 Å². The van der Waals surface area contributed by atoms with Crippen LogP contribution in [0.25, 0.3) is 0 Å². The number of likely N-dealkylation sites (N-methyl/N-ethyl adjacent to an activating group) is 1. The van der Waals surface area contributed by atoms with E-state index in [9.17, 15) is 4.79 Å². The Labute approximate surface area is 122 Å². The topological polar surface area (TPSA) is 41.6 Å². The normalized spacial score (nSPS) is 40.1. The molecular weight excluding hydrogens is 252 g/mol. The van der Waals surface area contributed by atoms with Gasteiger partial charge in [0.15, 0.2) is 6.23 Å². The van der Waals surface area contributed by atoms with Crippen LogP contribution in [-0.4, -0.2) is 43.3 Å². The lowest BCUT2D eigenvalue weighted by Gasteiger charge is -2.57. The lowest BCUT2D eigenvalue weighted by atomic mass is 9.53. The van der Waals surface area contributed by atoms with E-state index in [0.717, 1.165) is 17.8 Å². The van der Waals surface area contributed by atoms with Gasteiger partial charge < -0.3 is 10.1 Å². The molecule has 1 N–H and O–H groups in total. The van der Waals surface area contributed by atoms with Crippen molar-refractivity contribution in [2.75, 3.05) is 20.7 Å². The Morgan fingerprint density at radius 2 is 1.70 bits per heavy atom. The van der Waals surface area contributed by atoms with E-state index in [1.165, 1.54) is 38.5 Å². The number of carbonyl (C=O) groups is 1. The molecule has 20 heavy (non-hydrogen) atoms. The highest BCUT2D eigenvalue weighted by Gasteiger charge is 2.52. The first kappa shape index (κ1) is 14.3. The standard InChI is InChI=1S/C16H28N2O2/c1-4-20-15(18(2)3)14(19)17-16-8-11-5-12(9-16)7-13(6-11)10-16/h11-13,15H,4-10H2,1-3H3,(H,17,19). The number of carbonyl (C=O) groups excluding carboxylic acids is 1. The molecule has 114 valence electrons. The van der Waals surface area contributed by atoms with E-state index in [1.807, 2.05) is 25.9 Å². The fourth-order valence-electron chi connectivity index (χ4n) is 5.20. The van der Waals surface area contributed by atoms with Gasteiger partial charge in [-0.25, -0.2) is 0 Å². The molecule has 4 aliphatic carbocycles. The molecule has 4 aliphatic rings. The smallest absolute Gasteiger partial charge is 0.264 e. The summed E-state index contributed by atoms with van der Waals surface area (Å²) in [4.78, 5) is 14.4. The van der Waals surface area contributed by atoms with Crippen molar-refractivity contribution in [2.24, 2.45) is 17.8 Å². The summed E-state index contributed by atoms with van der Waals surface area (Å²) in [6, 6.07) is 0. The van der Waals surface area contributed by atoms with Crippen LogP contribution in [-0.2, 0) is 9.53 Å². The third-order valence-corrected chi connectivity index (χ3v) is 5.44. The first-order chi connectivity index (χ1) is 9.51. The lowest BCUT2D eigenvalue weighted by Crippen LogP contribution is -2.62. The molecule has 0 saturated heterocycles. The Morgan fingerprint density at radius 1 is 1.20 bits per heavy atom. The Bertz CT molecular complexity index is 345. The van der Waals surface area contributed by atoms with Gasteiger partial charge in [-0.05, 0) is 77.3 Å². The molecule has 4 heteroatoms. The Kier molecular flexibility index (Phi) is 3.80. The highest BCUT2D eigenvalue weighted by molar-refractivity contribution is 5.81. The lowest BCUT2D eigenvalue weighted by molar-refractivity contribution is -0.148. The maximum Gasteiger partial charge on any atom is 0.264 e. The first-order valence-electron chi connectivity index (χ1n) is 8.11. The fourth-order valence-corrected chi connectivity index (χ4v) is 5.20. The average molecular weight is 280 g/mol. The number of nitrogens with one attached hydrogen (secondary N) is 1. The Hall–Kier alpha value is -0.610. The summed E-state index contributed by atoms with van der Waals surface area (Å²) in [5.74, 6) is 2.61. The zero-order chi connectivity index (χ0) is 14.3. The highest BCUT2D eigenvalue weighted by Crippen LogP contribution is 2.55. The quantitative estimate of drug-likeness (QED) is 0.783. The molecular formula is C16H28N2O2. The van der Waals surface area contributed by atoms with Crippen LogP contribution < -0.4 is 5.32 Å². The third kappa shape index (κ3) is 2.60. The summed E-state index contributed by atoms with van der Waals surface area (Å²) in [6.45, 7) is 2.51. The van der Waals surface area contributed by atoms with Gasteiger partial charge in [-0.3, -0.25) is 9.69 Å². The molecule has 0 aromatic rings. The van der Waals surface area contributed by atoms with E-state index in [2.05, 4.69) is 5.32 Å². The molecule has 0 aromatic heterocycles. The Morgan fingerprint density at radius 3 is 2.10 bits per heavy atom. The van der Waals surface area contributed by atoms with Gasteiger partial charge in [0.05, 0.1) is 0 Å². The van der Waals surface area contributed by atoms with Crippen molar-refractivity contribution in [2.45, 2.75) is 57.2 Å². The average Bonchev–Trinajstić information content (AvgIpc) is 2.32. The molecule has 0 spiro atoms. The molecule has 0 heterocycles. The second-order valence-corrected chi connectivity index (χ2v) is 7.46. The van der Waals surface area contributed by atoms with Crippen LogP contribution >= 0.6 is 0 Å². The van der Waals surface area contributed by atoms with Crippen molar-refractivity contribution in [3.05, 3.63) is 0 Å². The van der Waals surface area contributed by atoms with Crippen LogP contribution in [0.2, 0.25) is 0 Å². The van der Waals surface area contributed by atoms with Crippen LogP contribution in [0, 0.1) is 17.8 Å². The number of amides is 1. The van der Waals surface area contributed by atoms with Gasteiger partial charge in [-0.2, -0.15) is 0 Å². The number of rotatable bonds is 5. The fraction of sp³-hybridized carbons (Fsp3) is 0.938. The minimum Gasteiger partial charge on any atom is -0.354 e. The SMILES string of the molecule is CCOC(C(=O)NC12CC3CC(CC(C3)C1)C2)N(C)C. The summed E-state index contributed by atoms with van der Waals surface area (Å²) in [6.07, 6.45) is 7.32. The van der Waals surface area contributed by atoms with Crippen molar-refractivity contribution < 1.29 is 9.53 Å². The van der Waals surface area contributed by atoms with Crippen LogP contribution in [0.4, 0.5) is 0 Å². The molecule has 4 fully saturated rings. The van der Waals surface area contributed by atoms with Gasteiger partial charge in [0.25, 0.3) is 5.91 Å². The molecule has 0 aliphatic heterocycles. The second-order valence-electron chi connectivity index (χ2n) is 7.46.